The first-order valence-corrected chi connectivity index (χ1v) is 6.78. The van der Waals surface area contributed by atoms with Gasteiger partial charge in [0.15, 0.2) is 0 Å². The number of nitrogens with zero attached hydrogens (tertiary/aromatic N) is 1. The first-order chi connectivity index (χ1) is 9.47. The third-order valence-corrected chi connectivity index (χ3v) is 3.98. The monoisotopic (exact) mass is 280 g/mol. The van der Waals surface area contributed by atoms with E-state index in [-0.39, 0.29) is 12.6 Å². The van der Waals surface area contributed by atoms with Crippen molar-refractivity contribution in [3.63, 3.8) is 0 Å². The fourth-order valence-electron chi connectivity index (χ4n) is 2.51. The number of carboxylic acids is 1. The average Bonchev–Trinajstić information content (AvgIpc) is 3.03. The van der Waals surface area contributed by atoms with Crippen LogP contribution in [0.2, 0.25) is 0 Å². The lowest BCUT2D eigenvalue weighted by Gasteiger charge is -2.23. The van der Waals surface area contributed by atoms with Crippen LogP contribution >= 0.6 is 0 Å². The largest absolute Gasteiger partial charge is 0.481 e. The quantitative estimate of drug-likeness (QED) is 0.883. The fourth-order valence-corrected chi connectivity index (χ4v) is 2.51. The molecule has 1 atom stereocenters. The summed E-state index contributed by atoms with van der Waals surface area (Å²) in [6.45, 7) is 4.75. The summed E-state index contributed by atoms with van der Waals surface area (Å²) in [5, 5.41) is 12.1. The zero-order valence-corrected chi connectivity index (χ0v) is 11.8. The second kappa shape index (κ2) is 5.56. The Balaban J connectivity index is 1.90. The number of amides is 2. The predicted octanol–water partition coefficient (Wildman–Crippen LogP) is 1.98. The molecule has 2 N–H and O–H groups in total. The minimum Gasteiger partial charge on any atom is -0.481 e. The Morgan fingerprint density at radius 1 is 1.50 bits per heavy atom. The molecule has 1 aliphatic rings. The number of carboxylic acid groups (broad SMARTS) is 1. The van der Waals surface area contributed by atoms with E-state index in [1.165, 1.54) is 0 Å². The topological polar surface area (TPSA) is 82.8 Å². The molecular formula is C14H20N2O4. The summed E-state index contributed by atoms with van der Waals surface area (Å²) in [5.41, 5.74) is -0.793. The Bertz CT molecular complexity index is 511. The van der Waals surface area contributed by atoms with Crippen LogP contribution in [0.25, 0.3) is 0 Å². The van der Waals surface area contributed by atoms with E-state index in [9.17, 15) is 14.7 Å². The second-order valence-corrected chi connectivity index (χ2v) is 5.28. The van der Waals surface area contributed by atoms with Gasteiger partial charge in [-0.25, -0.2) is 4.79 Å². The van der Waals surface area contributed by atoms with Gasteiger partial charge in [-0.05, 0) is 31.9 Å². The third kappa shape index (κ3) is 2.79. The van der Waals surface area contributed by atoms with Crippen LogP contribution in [0.4, 0.5) is 4.79 Å². The van der Waals surface area contributed by atoms with Crippen molar-refractivity contribution in [3.05, 3.63) is 23.7 Å². The molecule has 1 fully saturated rings. The lowest BCUT2D eigenvalue weighted by Crippen LogP contribution is -2.41. The molecule has 6 nitrogen and oxygen atoms in total. The predicted molar refractivity (Wildman–Crippen MR) is 72.2 cm³/mol. The fraction of sp³-hybridized carbons (Fsp3) is 0.571. The van der Waals surface area contributed by atoms with Crippen LogP contribution in [-0.4, -0.2) is 35.1 Å². The molecule has 0 radical (unpaired) electrons. The maximum Gasteiger partial charge on any atom is 0.317 e. The summed E-state index contributed by atoms with van der Waals surface area (Å²) in [5.74, 6) is 0.665. The SMILES string of the molecule is CCC1(C(=O)O)CCN(C(=O)NCc2ccc(C)o2)C1. The normalized spacial score (nSPS) is 22.0. The summed E-state index contributed by atoms with van der Waals surface area (Å²) in [4.78, 5) is 24.9. The van der Waals surface area contributed by atoms with Gasteiger partial charge in [-0.2, -0.15) is 0 Å². The van der Waals surface area contributed by atoms with Crippen molar-refractivity contribution in [3.8, 4) is 0 Å². The number of carbonyl (C=O) groups is 2. The maximum absolute atomic E-state index is 12.0. The molecule has 1 unspecified atom stereocenters. The molecule has 0 saturated carbocycles. The van der Waals surface area contributed by atoms with Gasteiger partial charge in [0.25, 0.3) is 0 Å². The molecule has 1 aromatic heterocycles. The van der Waals surface area contributed by atoms with E-state index >= 15 is 0 Å². The first kappa shape index (κ1) is 14.4. The van der Waals surface area contributed by atoms with Gasteiger partial charge < -0.3 is 19.7 Å². The summed E-state index contributed by atoms with van der Waals surface area (Å²) in [6, 6.07) is 3.41. The van der Waals surface area contributed by atoms with Crippen LogP contribution in [0.1, 0.15) is 31.3 Å². The molecule has 0 spiro atoms. The second-order valence-electron chi connectivity index (χ2n) is 5.28. The molecule has 0 aliphatic carbocycles. The number of likely N-dealkylation sites (tertiary alicyclic amines) is 1. The van der Waals surface area contributed by atoms with E-state index in [2.05, 4.69) is 5.32 Å². The zero-order valence-electron chi connectivity index (χ0n) is 11.8. The number of nitrogens with one attached hydrogen (secondary N) is 1. The highest BCUT2D eigenvalue weighted by Gasteiger charge is 2.44. The van der Waals surface area contributed by atoms with Crippen molar-refractivity contribution in [2.45, 2.75) is 33.2 Å². The minimum atomic E-state index is -0.822. The highest BCUT2D eigenvalue weighted by atomic mass is 16.4. The molecule has 0 aromatic carbocycles. The van der Waals surface area contributed by atoms with Crippen molar-refractivity contribution in [1.29, 1.82) is 0 Å². The molecule has 2 amide bonds. The molecule has 2 rings (SSSR count). The Kier molecular flexibility index (Phi) is 4.01. The highest BCUT2D eigenvalue weighted by molar-refractivity contribution is 5.79. The van der Waals surface area contributed by atoms with Crippen LogP contribution < -0.4 is 5.32 Å². The Morgan fingerprint density at radius 3 is 2.75 bits per heavy atom. The molecule has 1 saturated heterocycles. The lowest BCUT2D eigenvalue weighted by molar-refractivity contribution is -0.148. The average molecular weight is 280 g/mol. The van der Waals surface area contributed by atoms with Gasteiger partial charge in [-0.1, -0.05) is 6.92 Å². The molecule has 1 aromatic rings. The number of urea groups is 1. The molecule has 0 bridgehead atoms. The minimum absolute atomic E-state index is 0.240. The Hall–Kier alpha value is -1.98. The summed E-state index contributed by atoms with van der Waals surface area (Å²) < 4.78 is 5.37. The molecular weight excluding hydrogens is 260 g/mol. The van der Waals surface area contributed by atoms with Crippen LogP contribution in [0.5, 0.6) is 0 Å². The van der Waals surface area contributed by atoms with Crippen molar-refractivity contribution in [1.82, 2.24) is 10.2 Å². The number of hydrogen-bond donors (Lipinski definition) is 2. The van der Waals surface area contributed by atoms with Crippen LogP contribution in [0.15, 0.2) is 16.5 Å². The number of rotatable bonds is 4. The third-order valence-electron chi connectivity index (χ3n) is 3.98. The van der Waals surface area contributed by atoms with Gasteiger partial charge in [0.05, 0.1) is 12.0 Å². The maximum atomic E-state index is 12.0. The number of furan rings is 1. The summed E-state index contributed by atoms with van der Waals surface area (Å²) in [6.07, 6.45) is 1.04. The van der Waals surface area contributed by atoms with Gasteiger partial charge in [-0.3, -0.25) is 4.79 Å². The van der Waals surface area contributed by atoms with E-state index in [1.54, 1.807) is 4.90 Å². The van der Waals surface area contributed by atoms with Gasteiger partial charge in [-0.15, -0.1) is 0 Å². The van der Waals surface area contributed by atoms with Crippen molar-refractivity contribution < 1.29 is 19.1 Å². The molecule has 20 heavy (non-hydrogen) atoms. The van der Waals surface area contributed by atoms with E-state index < -0.39 is 11.4 Å². The van der Waals surface area contributed by atoms with Gasteiger partial charge in [0, 0.05) is 13.1 Å². The molecule has 2 heterocycles. The Labute approximate surface area is 117 Å². The van der Waals surface area contributed by atoms with E-state index in [1.807, 2.05) is 26.0 Å². The summed E-state index contributed by atoms with van der Waals surface area (Å²) >= 11 is 0. The molecule has 110 valence electrons. The van der Waals surface area contributed by atoms with Gasteiger partial charge >= 0.3 is 12.0 Å². The first-order valence-electron chi connectivity index (χ1n) is 6.78. The van der Waals surface area contributed by atoms with Gasteiger partial charge in [0.2, 0.25) is 0 Å². The smallest absolute Gasteiger partial charge is 0.317 e. The number of aliphatic carboxylic acids is 1. The number of carbonyl (C=O) groups excluding carboxylic acids is 1. The molecule has 1 aliphatic heterocycles. The van der Waals surface area contributed by atoms with Crippen molar-refractivity contribution >= 4 is 12.0 Å². The van der Waals surface area contributed by atoms with Gasteiger partial charge in [0.1, 0.15) is 11.5 Å². The zero-order chi connectivity index (χ0) is 14.8. The van der Waals surface area contributed by atoms with Crippen molar-refractivity contribution in [2.24, 2.45) is 5.41 Å². The number of hydrogen-bond acceptors (Lipinski definition) is 3. The highest BCUT2D eigenvalue weighted by Crippen LogP contribution is 2.34. The van der Waals surface area contributed by atoms with E-state index in [0.29, 0.717) is 31.7 Å². The summed E-state index contributed by atoms with van der Waals surface area (Å²) in [7, 11) is 0. The molecule has 6 heteroatoms. The Morgan fingerprint density at radius 2 is 2.25 bits per heavy atom. The van der Waals surface area contributed by atoms with Crippen LogP contribution in [0.3, 0.4) is 0 Å². The lowest BCUT2D eigenvalue weighted by atomic mass is 9.84. The van der Waals surface area contributed by atoms with Crippen molar-refractivity contribution in [2.75, 3.05) is 13.1 Å². The van der Waals surface area contributed by atoms with Crippen LogP contribution in [0, 0.1) is 12.3 Å². The standard InChI is InChI=1S/C14H20N2O4/c1-3-14(12(17)18)6-7-16(9-14)13(19)15-8-11-5-4-10(2)20-11/h4-5H,3,6-9H2,1-2H3,(H,15,19)(H,17,18). The van der Waals surface area contributed by atoms with Crippen LogP contribution in [-0.2, 0) is 11.3 Å². The number of aryl methyl sites for hydroxylation is 1. The van der Waals surface area contributed by atoms with E-state index in [0.717, 1.165) is 5.76 Å². The van der Waals surface area contributed by atoms with E-state index in [4.69, 9.17) is 4.42 Å².